The van der Waals surface area contributed by atoms with E-state index in [1.165, 1.54) is 24.3 Å². The number of carbonyl (C=O) groups is 2. The largest absolute Gasteiger partial charge is 0.451 e. The average Bonchev–Trinajstić information content (AvgIpc) is 2.43. The van der Waals surface area contributed by atoms with Gasteiger partial charge in [-0.3, -0.25) is 14.9 Å². The van der Waals surface area contributed by atoms with Crippen LogP contribution in [0.5, 0.6) is 0 Å². The van der Waals surface area contributed by atoms with E-state index in [2.05, 4.69) is 17.2 Å². The van der Waals surface area contributed by atoms with Crippen molar-refractivity contribution in [1.29, 1.82) is 0 Å². The van der Waals surface area contributed by atoms with Gasteiger partial charge in [0.05, 0.1) is 4.92 Å². The fourth-order valence-electron chi connectivity index (χ4n) is 1.70. The number of esters is 1. The maximum Gasteiger partial charge on any atom is 0.384 e. The summed E-state index contributed by atoms with van der Waals surface area (Å²) in [6.45, 7) is 0.00563. The van der Waals surface area contributed by atoms with Crippen molar-refractivity contribution in [1.82, 2.24) is 5.32 Å². The molecule has 1 amide bonds. The highest BCUT2D eigenvalue weighted by Gasteiger charge is 2.23. The highest BCUT2D eigenvalue weighted by molar-refractivity contribution is 5.88. The van der Waals surface area contributed by atoms with Gasteiger partial charge < -0.3 is 10.1 Å². The molecule has 1 aliphatic heterocycles. The predicted molar refractivity (Wildman–Crippen MR) is 71.8 cm³/mol. The number of nitrogens with one attached hydrogen (secondary N) is 1. The second kappa shape index (κ2) is 6.52. The van der Waals surface area contributed by atoms with E-state index in [-0.39, 0.29) is 24.2 Å². The summed E-state index contributed by atoms with van der Waals surface area (Å²) in [5.74, 6) is 4.29. The molecule has 1 aromatic carbocycles. The summed E-state index contributed by atoms with van der Waals surface area (Å²) in [5, 5.41) is 13.1. The maximum absolute atomic E-state index is 11.4. The van der Waals surface area contributed by atoms with Gasteiger partial charge in [-0.05, 0) is 17.7 Å². The Bertz CT molecular complexity index is 619. The molecule has 1 fully saturated rings. The van der Waals surface area contributed by atoms with Crippen LogP contribution in [0.1, 0.15) is 18.4 Å². The first-order valence-electron chi connectivity index (χ1n) is 6.23. The van der Waals surface area contributed by atoms with Crippen LogP contribution in [0.2, 0.25) is 0 Å². The van der Waals surface area contributed by atoms with Crippen LogP contribution in [0.25, 0.3) is 0 Å². The highest BCUT2D eigenvalue weighted by Crippen LogP contribution is 2.12. The molecule has 21 heavy (non-hydrogen) atoms. The van der Waals surface area contributed by atoms with E-state index >= 15 is 0 Å². The van der Waals surface area contributed by atoms with Crippen molar-refractivity contribution in [3.05, 3.63) is 39.9 Å². The SMILES string of the molecule is O=C1CC(CC#CC(=O)OCc2ccc([N+](=O)[O-])cc2)N1. The number of non-ortho nitro benzene ring substituents is 1. The molecule has 2 rings (SSSR count). The van der Waals surface area contributed by atoms with Gasteiger partial charge >= 0.3 is 5.97 Å². The lowest BCUT2D eigenvalue weighted by Gasteiger charge is -2.24. The van der Waals surface area contributed by atoms with E-state index in [4.69, 9.17) is 4.74 Å². The number of nitro groups is 1. The third-order valence-corrected chi connectivity index (χ3v) is 2.85. The first-order chi connectivity index (χ1) is 10.0. The molecule has 7 nitrogen and oxygen atoms in total. The summed E-state index contributed by atoms with van der Waals surface area (Å²) in [6.07, 6.45) is 0.852. The van der Waals surface area contributed by atoms with Gasteiger partial charge in [-0.2, -0.15) is 0 Å². The fraction of sp³-hybridized carbons (Fsp3) is 0.286. The topological polar surface area (TPSA) is 98.5 Å². The third-order valence-electron chi connectivity index (χ3n) is 2.85. The van der Waals surface area contributed by atoms with Crippen molar-refractivity contribution in [2.75, 3.05) is 0 Å². The second-order valence-electron chi connectivity index (χ2n) is 4.47. The third kappa shape index (κ3) is 4.31. The van der Waals surface area contributed by atoms with E-state index in [9.17, 15) is 19.7 Å². The summed E-state index contributed by atoms with van der Waals surface area (Å²) >= 11 is 0. The number of ether oxygens (including phenoxy) is 1. The molecule has 1 saturated heterocycles. The molecule has 0 radical (unpaired) electrons. The lowest BCUT2D eigenvalue weighted by molar-refractivity contribution is -0.384. The molecule has 1 heterocycles. The molecule has 108 valence electrons. The molecule has 1 atom stereocenters. The number of nitrogens with zero attached hydrogens (tertiary/aromatic N) is 1. The van der Waals surface area contributed by atoms with Gasteiger partial charge in [0.2, 0.25) is 5.91 Å². The second-order valence-corrected chi connectivity index (χ2v) is 4.47. The predicted octanol–water partition coefficient (Wildman–Crippen LogP) is 0.920. The van der Waals surface area contributed by atoms with Crippen molar-refractivity contribution in [3.8, 4) is 11.8 Å². The Morgan fingerprint density at radius 3 is 2.67 bits per heavy atom. The van der Waals surface area contributed by atoms with Crippen LogP contribution in [0.3, 0.4) is 0 Å². The van der Waals surface area contributed by atoms with Crippen molar-refractivity contribution >= 4 is 17.6 Å². The molecule has 0 bridgehead atoms. The Hall–Kier alpha value is -2.88. The van der Waals surface area contributed by atoms with Crippen molar-refractivity contribution < 1.29 is 19.2 Å². The molecule has 0 saturated carbocycles. The van der Waals surface area contributed by atoms with Crippen LogP contribution in [0.4, 0.5) is 5.69 Å². The average molecular weight is 288 g/mol. The lowest BCUT2D eigenvalue weighted by atomic mass is 10.0. The molecule has 1 aromatic rings. The van der Waals surface area contributed by atoms with Gasteiger partial charge in [0.15, 0.2) is 0 Å². The maximum atomic E-state index is 11.4. The summed E-state index contributed by atoms with van der Waals surface area (Å²) in [7, 11) is 0. The molecule has 0 aliphatic carbocycles. The molecule has 7 heteroatoms. The van der Waals surface area contributed by atoms with Crippen LogP contribution in [0, 0.1) is 22.0 Å². The molecule has 1 unspecified atom stereocenters. The number of nitro benzene ring substituents is 1. The Morgan fingerprint density at radius 1 is 1.43 bits per heavy atom. The summed E-state index contributed by atoms with van der Waals surface area (Å²) in [4.78, 5) is 32.0. The number of carbonyl (C=O) groups excluding carboxylic acids is 2. The number of benzene rings is 1. The minimum atomic E-state index is -0.668. The van der Waals surface area contributed by atoms with Crippen LogP contribution < -0.4 is 5.32 Å². The van der Waals surface area contributed by atoms with Crippen molar-refractivity contribution in [2.45, 2.75) is 25.5 Å². The Balaban J connectivity index is 1.74. The molecular formula is C14H12N2O5. The number of β-lactam (4-membered cyclic amide) rings is 1. The van der Waals surface area contributed by atoms with Gasteiger partial charge in [-0.15, -0.1) is 0 Å². The number of hydrogen-bond donors (Lipinski definition) is 1. The van der Waals surface area contributed by atoms with Crippen LogP contribution in [0.15, 0.2) is 24.3 Å². The van der Waals surface area contributed by atoms with Crippen molar-refractivity contribution in [2.24, 2.45) is 0 Å². The molecular weight excluding hydrogens is 276 g/mol. The Kier molecular flexibility index (Phi) is 4.51. The zero-order valence-corrected chi connectivity index (χ0v) is 11.0. The molecule has 1 N–H and O–H groups in total. The lowest BCUT2D eigenvalue weighted by Crippen LogP contribution is -2.48. The summed E-state index contributed by atoms with van der Waals surface area (Å²) in [6, 6.07) is 5.74. The summed E-state index contributed by atoms with van der Waals surface area (Å²) < 4.78 is 4.91. The standard InChI is InChI=1S/C14H12N2O5/c17-13-8-11(15-13)2-1-3-14(18)21-9-10-4-6-12(7-5-10)16(19)20/h4-7,11H,2,8-9H2,(H,15,17). The van der Waals surface area contributed by atoms with E-state index < -0.39 is 10.9 Å². The quantitative estimate of drug-likeness (QED) is 0.222. The zero-order chi connectivity index (χ0) is 15.2. The highest BCUT2D eigenvalue weighted by atomic mass is 16.6. The zero-order valence-electron chi connectivity index (χ0n) is 11.0. The molecule has 1 aliphatic rings. The van der Waals surface area contributed by atoms with Gasteiger partial charge in [0.25, 0.3) is 5.69 Å². The normalized spacial score (nSPS) is 16.0. The monoisotopic (exact) mass is 288 g/mol. The van der Waals surface area contributed by atoms with E-state index in [0.717, 1.165) is 0 Å². The minimum absolute atomic E-state index is 0.00563. The van der Waals surface area contributed by atoms with E-state index in [1.54, 1.807) is 0 Å². The van der Waals surface area contributed by atoms with Crippen LogP contribution in [-0.4, -0.2) is 22.8 Å². The van der Waals surface area contributed by atoms with Gasteiger partial charge in [0, 0.05) is 36.9 Å². The Morgan fingerprint density at radius 2 is 2.10 bits per heavy atom. The van der Waals surface area contributed by atoms with Gasteiger partial charge in [0.1, 0.15) is 6.61 Å². The van der Waals surface area contributed by atoms with Crippen molar-refractivity contribution in [3.63, 3.8) is 0 Å². The fourth-order valence-corrected chi connectivity index (χ4v) is 1.70. The van der Waals surface area contributed by atoms with Crippen LogP contribution >= 0.6 is 0 Å². The van der Waals surface area contributed by atoms with E-state index in [1.807, 2.05) is 0 Å². The van der Waals surface area contributed by atoms with Gasteiger partial charge in [-0.25, -0.2) is 4.79 Å². The molecule has 0 aromatic heterocycles. The molecule has 0 spiro atoms. The first kappa shape index (κ1) is 14.5. The minimum Gasteiger partial charge on any atom is -0.451 e. The Labute approximate surface area is 120 Å². The van der Waals surface area contributed by atoms with Gasteiger partial charge in [-0.1, -0.05) is 5.92 Å². The van der Waals surface area contributed by atoms with E-state index in [0.29, 0.717) is 18.4 Å². The smallest absolute Gasteiger partial charge is 0.384 e. The number of amides is 1. The number of rotatable bonds is 4. The van der Waals surface area contributed by atoms with Crippen LogP contribution in [-0.2, 0) is 20.9 Å². The summed E-state index contributed by atoms with van der Waals surface area (Å²) in [5.41, 5.74) is 0.620. The first-order valence-corrected chi connectivity index (χ1v) is 6.23. The number of hydrogen-bond acceptors (Lipinski definition) is 5.